The van der Waals surface area contributed by atoms with Crippen molar-refractivity contribution in [2.75, 3.05) is 25.9 Å². The van der Waals surface area contributed by atoms with Crippen LogP contribution in [-0.2, 0) is 0 Å². The second kappa shape index (κ2) is 6.10. The third-order valence-corrected chi connectivity index (χ3v) is 4.20. The lowest BCUT2D eigenvalue weighted by atomic mass is 9.98. The fourth-order valence-electron chi connectivity index (χ4n) is 2.95. The molecule has 1 fully saturated rings. The van der Waals surface area contributed by atoms with Crippen molar-refractivity contribution in [2.45, 2.75) is 12.3 Å². The highest BCUT2D eigenvalue weighted by Gasteiger charge is 2.27. The van der Waals surface area contributed by atoms with Crippen molar-refractivity contribution in [3.8, 4) is 5.75 Å². The highest BCUT2D eigenvalue weighted by Crippen LogP contribution is 2.29. The summed E-state index contributed by atoms with van der Waals surface area (Å²) < 4.78 is 5.18. The summed E-state index contributed by atoms with van der Waals surface area (Å²) >= 11 is 0. The van der Waals surface area contributed by atoms with Crippen molar-refractivity contribution in [2.24, 2.45) is 0 Å². The third-order valence-electron chi connectivity index (χ3n) is 4.20. The molecule has 2 aromatic carbocycles. The molecule has 0 saturated carbocycles. The van der Waals surface area contributed by atoms with Gasteiger partial charge in [-0.2, -0.15) is 0 Å². The summed E-state index contributed by atoms with van der Waals surface area (Å²) in [6.07, 6.45) is 0.986. The maximum Gasteiger partial charge on any atom is 0.253 e. The summed E-state index contributed by atoms with van der Waals surface area (Å²) in [6.45, 7) is 1.53. The van der Waals surface area contributed by atoms with Crippen LogP contribution in [0.15, 0.2) is 48.5 Å². The Morgan fingerprint density at radius 2 is 2.00 bits per heavy atom. The van der Waals surface area contributed by atoms with E-state index in [4.69, 9.17) is 10.5 Å². The number of benzene rings is 2. The average Bonchev–Trinajstić information content (AvgIpc) is 3.04. The van der Waals surface area contributed by atoms with E-state index in [9.17, 15) is 4.79 Å². The van der Waals surface area contributed by atoms with E-state index in [1.165, 1.54) is 5.56 Å². The molecule has 1 atom stereocenters. The van der Waals surface area contributed by atoms with Gasteiger partial charge in [-0.1, -0.05) is 18.2 Å². The Bertz CT molecular complexity index is 667. The van der Waals surface area contributed by atoms with E-state index >= 15 is 0 Å². The molecule has 0 radical (unpaired) electrons. The number of likely N-dealkylation sites (tertiary alicyclic amines) is 1. The maximum absolute atomic E-state index is 12.5. The van der Waals surface area contributed by atoms with Crippen LogP contribution in [0.2, 0.25) is 0 Å². The number of hydrogen-bond acceptors (Lipinski definition) is 3. The van der Waals surface area contributed by atoms with Gasteiger partial charge in [-0.3, -0.25) is 4.79 Å². The topological polar surface area (TPSA) is 55.6 Å². The van der Waals surface area contributed by atoms with E-state index in [0.29, 0.717) is 17.2 Å². The molecule has 2 aromatic rings. The Balaban J connectivity index is 1.70. The van der Waals surface area contributed by atoms with Crippen LogP contribution in [0.25, 0.3) is 0 Å². The van der Waals surface area contributed by atoms with Crippen molar-refractivity contribution in [1.82, 2.24) is 4.90 Å². The van der Waals surface area contributed by atoms with E-state index in [2.05, 4.69) is 12.1 Å². The SMILES string of the molecule is COc1ccc(C2CCN(C(=O)c3cccc(N)c3)C2)cc1. The molecule has 4 nitrogen and oxygen atoms in total. The highest BCUT2D eigenvalue weighted by atomic mass is 16.5. The van der Waals surface area contributed by atoms with Crippen LogP contribution < -0.4 is 10.5 Å². The van der Waals surface area contributed by atoms with Gasteiger partial charge < -0.3 is 15.4 Å². The molecule has 1 saturated heterocycles. The molecule has 3 rings (SSSR count). The zero-order valence-electron chi connectivity index (χ0n) is 12.7. The van der Waals surface area contributed by atoms with E-state index < -0.39 is 0 Å². The lowest BCUT2D eigenvalue weighted by Gasteiger charge is -2.17. The minimum atomic E-state index is 0.0586. The molecule has 1 heterocycles. The number of hydrogen-bond donors (Lipinski definition) is 1. The summed E-state index contributed by atoms with van der Waals surface area (Å²) in [6, 6.07) is 15.3. The fourth-order valence-corrected chi connectivity index (χ4v) is 2.95. The quantitative estimate of drug-likeness (QED) is 0.886. The lowest BCUT2D eigenvalue weighted by Crippen LogP contribution is -2.28. The van der Waals surface area contributed by atoms with Crippen LogP contribution >= 0.6 is 0 Å². The molecule has 1 aliphatic heterocycles. The number of anilines is 1. The van der Waals surface area contributed by atoms with Crippen LogP contribution in [0.5, 0.6) is 5.75 Å². The zero-order valence-corrected chi connectivity index (χ0v) is 12.7. The van der Waals surface area contributed by atoms with E-state index in [-0.39, 0.29) is 5.91 Å². The van der Waals surface area contributed by atoms with Crippen LogP contribution in [0.1, 0.15) is 28.3 Å². The Morgan fingerprint density at radius 3 is 2.68 bits per heavy atom. The molecular formula is C18H20N2O2. The number of methoxy groups -OCH3 is 1. The number of amides is 1. The van der Waals surface area contributed by atoms with Gasteiger partial charge in [-0.05, 0) is 42.3 Å². The van der Waals surface area contributed by atoms with Gasteiger partial charge >= 0.3 is 0 Å². The molecule has 1 amide bonds. The average molecular weight is 296 g/mol. The van der Waals surface area contributed by atoms with Gasteiger partial charge in [-0.25, -0.2) is 0 Å². The van der Waals surface area contributed by atoms with Gasteiger partial charge in [0, 0.05) is 30.3 Å². The first kappa shape index (κ1) is 14.4. The molecule has 0 bridgehead atoms. The van der Waals surface area contributed by atoms with Gasteiger partial charge in [0.15, 0.2) is 0 Å². The fraction of sp³-hybridized carbons (Fsp3) is 0.278. The molecule has 0 aliphatic carbocycles. The van der Waals surface area contributed by atoms with Crippen LogP contribution in [0.4, 0.5) is 5.69 Å². The number of carbonyl (C=O) groups is 1. The van der Waals surface area contributed by atoms with Crippen molar-refractivity contribution in [3.63, 3.8) is 0 Å². The van der Waals surface area contributed by atoms with Crippen molar-refractivity contribution in [3.05, 3.63) is 59.7 Å². The molecular weight excluding hydrogens is 276 g/mol. The predicted octanol–water partition coefficient (Wildman–Crippen LogP) is 2.91. The molecule has 0 aromatic heterocycles. The van der Waals surface area contributed by atoms with Gasteiger partial charge in [0.05, 0.1) is 7.11 Å². The van der Waals surface area contributed by atoms with Gasteiger partial charge in [-0.15, -0.1) is 0 Å². The normalized spacial score (nSPS) is 17.5. The Kier molecular flexibility index (Phi) is 4.00. The maximum atomic E-state index is 12.5. The van der Waals surface area contributed by atoms with E-state index in [1.807, 2.05) is 29.2 Å². The van der Waals surface area contributed by atoms with Crippen LogP contribution in [0, 0.1) is 0 Å². The molecule has 4 heteroatoms. The number of ether oxygens (including phenoxy) is 1. The van der Waals surface area contributed by atoms with Crippen molar-refractivity contribution < 1.29 is 9.53 Å². The Hall–Kier alpha value is -2.49. The molecule has 1 unspecified atom stereocenters. The zero-order chi connectivity index (χ0) is 15.5. The van der Waals surface area contributed by atoms with Gasteiger partial charge in [0.1, 0.15) is 5.75 Å². The Morgan fingerprint density at radius 1 is 1.23 bits per heavy atom. The summed E-state index contributed by atoms with van der Waals surface area (Å²) in [5.74, 6) is 1.30. The molecule has 2 N–H and O–H groups in total. The Labute approximate surface area is 130 Å². The largest absolute Gasteiger partial charge is 0.497 e. The van der Waals surface area contributed by atoms with Crippen molar-refractivity contribution >= 4 is 11.6 Å². The first-order valence-electron chi connectivity index (χ1n) is 7.46. The molecule has 22 heavy (non-hydrogen) atoms. The second-order valence-corrected chi connectivity index (χ2v) is 5.64. The number of nitrogens with zero attached hydrogens (tertiary/aromatic N) is 1. The number of nitrogens with two attached hydrogens (primary N) is 1. The molecule has 1 aliphatic rings. The smallest absolute Gasteiger partial charge is 0.253 e. The van der Waals surface area contributed by atoms with E-state index in [1.54, 1.807) is 19.2 Å². The summed E-state index contributed by atoms with van der Waals surface area (Å²) in [5, 5.41) is 0. The first-order chi connectivity index (χ1) is 10.7. The van der Waals surface area contributed by atoms with Crippen molar-refractivity contribution in [1.29, 1.82) is 0 Å². The predicted molar refractivity (Wildman–Crippen MR) is 87.1 cm³/mol. The minimum absolute atomic E-state index is 0.0586. The van der Waals surface area contributed by atoms with Crippen LogP contribution in [-0.4, -0.2) is 31.0 Å². The summed E-state index contributed by atoms with van der Waals surface area (Å²) in [5.41, 5.74) is 8.30. The first-order valence-corrected chi connectivity index (χ1v) is 7.46. The van der Waals surface area contributed by atoms with Gasteiger partial charge in [0.25, 0.3) is 5.91 Å². The minimum Gasteiger partial charge on any atom is -0.497 e. The highest BCUT2D eigenvalue weighted by molar-refractivity contribution is 5.95. The van der Waals surface area contributed by atoms with Crippen LogP contribution in [0.3, 0.4) is 0 Å². The number of nitrogen functional groups attached to an aromatic ring is 1. The third kappa shape index (κ3) is 2.91. The van der Waals surface area contributed by atoms with E-state index in [0.717, 1.165) is 25.3 Å². The van der Waals surface area contributed by atoms with Gasteiger partial charge in [0.2, 0.25) is 0 Å². The monoisotopic (exact) mass is 296 g/mol. The number of rotatable bonds is 3. The molecule has 114 valence electrons. The summed E-state index contributed by atoms with van der Waals surface area (Å²) in [7, 11) is 1.66. The molecule has 0 spiro atoms. The summed E-state index contributed by atoms with van der Waals surface area (Å²) in [4.78, 5) is 14.4. The lowest BCUT2D eigenvalue weighted by molar-refractivity contribution is 0.0791. The second-order valence-electron chi connectivity index (χ2n) is 5.64. The standard InChI is InChI=1S/C18H20N2O2/c1-22-17-7-5-13(6-8-17)15-9-10-20(12-15)18(21)14-3-2-4-16(19)11-14/h2-8,11,15H,9-10,12,19H2,1H3. The number of carbonyl (C=O) groups excluding carboxylic acids is 1.